The number of carbonyl (C=O) groups is 1. The first-order valence-corrected chi connectivity index (χ1v) is 9.07. The molecule has 1 saturated heterocycles. The van der Waals surface area contributed by atoms with E-state index in [2.05, 4.69) is 36.0 Å². The molecular weight excluding hydrogens is 364 g/mol. The van der Waals surface area contributed by atoms with E-state index in [1.54, 1.807) is 0 Å². The summed E-state index contributed by atoms with van der Waals surface area (Å²) < 4.78 is 0. The van der Waals surface area contributed by atoms with Crippen LogP contribution < -0.4 is 16.2 Å². The summed E-state index contributed by atoms with van der Waals surface area (Å²) in [6.45, 7) is 3.39. The van der Waals surface area contributed by atoms with Crippen molar-refractivity contribution in [3.8, 4) is 0 Å². The van der Waals surface area contributed by atoms with Gasteiger partial charge in [-0.3, -0.25) is 30.7 Å². The van der Waals surface area contributed by atoms with E-state index in [4.69, 9.17) is 0 Å². The molecule has 2 aromatic heterocycles. The van der Waals surface area contributed by atoms with Gasteiger partial charge in [0.1, 0.15) is 6.33 Å². The molecule has 0 aromatic carbocycles. The summed E-state index contributed by atoms with van der Waals surface area (Å²) in [4.78, 5) is 37.1. The molecule has 3 rings (SSSR count). The quantitative estimate of drug-likeness (QED) is 0.454. The first-order chi connectivity index (χ1) is 13.6. The molecule has 0 aliphatic carbocycles. The molecule has 3 heterocycles. The first-order valence-electron chi connectivity index (χ1n) is 9.07. The number of rotatable bonds is 8. The fourth-order valence-corrected chi connectivity index (χ4v) is 2.98. The van der Waals surface area contributed by atoms with Crippen molar-refractivity contribution in [3.05, 3.63) is 46.5 Å². The summed E-state index contributed by atoms with van der Waals surface area (Å²) in [5.74, 6) is -0.449. The van der Waals surface area contributed by atoms with E-state index < -0.39 is 10.8 Å². The topological polar surface area (TPSA) is 138 Å². The minimum Gasteiger partial charge on any atom is -0.363 e. The van der Waals surface area contributed by atoms with Gasteiger partial charge in [0, 0.05) is 31.0 Å². The minimum atomic E-state index is -0.579. The van der Waals surface area contributed by atoms with E-state index in [9.17, 15) is 14.9 Å². The van der Waals surface area contributed by atoms with Crippen LogP contribution in [0.15, 0.2) is 30.9 Å². The van der Waals surface area contributed by atoms with Crippen LogP contribution in [0, 0.1) is 10.1 Å². The normalized spacial score (nSPS) is 14.3. The molecule has 0 spiro atoms. The van der Waals surface area contributed by atoms with Crippen molar-refractivity contribution in [2.45, 2.75) is 19.3 Å². The van der Waals surface area contributed by atoms with Gasteiger partial charge in [-0.25, -0.2) is 9.97 Å². The van der Waals surface area contributed by atoms with Gasteiger partial charge in [0.2, 0.25) is 11.6 Å². The van der Waals surface area contributed by atoms with Gasteiger partial charge in [-0.15, -0.1) is 0 Å². The van der Waals surface area contributed by atoms with E-state index in [0.29, 0.717) is 12.1 Å². The summed E-state index contributed by atoms with van der Waals surface area (Å²) in [6.07, 6.45) is 7.77. The van der Waals surface area contributed by atoms with Crippen molar-refractivity contribution < 1.29 is 9.72 Å². The molecule has 0 bridgehead atoms. The second-order valence-electron chi connectivity index (χ2n) is 6.32. The molecule has 1 aliphatic rings. The van der Waals surface area contributed by atoms with E-state index in [1.807, 2.05) is 0 Å². The zero-order chi connectivity index (χ0) is 19.8. The highest BCUT2D eigenvalue weighted by Crippen LogP contribution is 2.28. The number of piperidine rings is 1. The number of nitrogens with zero attached hydrogens (tertiary/aromatic N) is 5. The van der Waals surface area contributed by atoms with Crippen molar-refractivity contribution in [2.24, 2.45) is 0 Å². The number of nitro groups is 1. The van der Waals surface area contributed by atoms with Gasteiger partial charge in [-0.2, -0.15) is 0 Å². The second-order valence-corrected chi connectivity index (χ2v) is 6.32. The van der Waals surface area contributed by atoms with Crippen molar-refractivity contribution in [2.75, 3.05) is 36.9 Å². The van der Waals surface area contributed by atoms with E-state index in [1.165, 1.54) is 50.1 Å². The van der Waals surface area contributed by atoms with Crippen LogP contribution in [-0.4, -0.2) is 56.9 Å². The van der Waals surface area contributed by atoms with Crippen LogP contribution in [0.5, 0.6) is 0 Å². The molecule has 28 heavy (non-hydrogen) atoms. The van der Waals surface area contributed by atoms with Gasteiger partial charge in [0.15, 0.2) is 0 Å². The molecule has 3 N–H and O–H groups in total. The number of aromatic nitrogens is 3. The summed E-state index contributed by atoms with van der Waals surface area (Å²) in [5.41, 5.74) is 4.95. The Hall–Kier alpha value is -3.34. The van der Waals surface area contributed by atoms with E-state index in [0.717, 1.165) is 19.6 Å². The predicted octanol–water partition coefficient (Wildman–Crippen LogP) is 1.43. The summed E-state index contributed by atoms with van der Waals surface area (Å²) in [5, 5.41) is 14.5. The van der Waals surface area contributed by atoms with Crippen LogP contribution in [0.2, 0.25) is 0 Å². The SMILES string of the molecule is O=C(NNc1ncnc(NCCN2CCCCC2)c1[N+](=O)[O-])c1ccncc1. The van der Waals surface area contributed by atoms with E-state index in [-0.39, 0.29) is 17.3 Å². The molecule has 0 radical (unpaired) electrons. The highest BCUT2D eigenvalue weighted by atomic mass is 16.6. The van der Waals surface area contributed by atoms with Crippen molar-refractivity contribution in [1.82, 2.24) is 25.3 Å². The van der Waals surface area contributed by atoms with Gasteiger partial charge in [0.25, 0.3) is 5.91 Å². The monoisotopic (exact) mass is 386 g/mol. The van der Waals surface area contributed by atoms with Gasteiger partial charge in [0.05, 0.1) is 4.92 Å². The lowest BCUT2D eigenvalue weighted by Crippen LogP contribution is -2.34. The lowest BCUT2D eigenvalue weighted by atomic mass is 10.1. The Morgan fingerprint density at radius 2 is 1.86 bits per heavy atom. The van der Waals surface area contributed by atoms with Crippen LogP contribution in [0.4, 0.5) is 17.3 Å². The average molecular weight is 386 g/mol. The summed E-state index contributed by atoms with van der Waals surface area (Å²) in [6, 6.07) is 3.05. The van der Waals surface area contributed by atoms with Crippen LogP contribution in [0.25, 0.3) is 0 Å². The smallest absolute Gasteiger partial charge is 0.354 e. The minimum absolute atomic E-state index is 0.0946. The molecule has 148 valence electrons. The van der Waals surface area contributed by atoms with Gasteiger partial charge in [-0.1, -0.05) is 6.42 Å². The van der Waals surface area contributed by atoms with Crippen LogP contribution in [-0.2, 0) is 0 Å². The molecule has 0 saturated carbocycles. The van der Waals surface area contributed by atoms with Crippen LogP contribution in [0.1, 0.15) is 29.6 Å². The lowest BCUT2D eigenvalue weighted by molar-refractivity contribution is -0.383. The van der Waals surface area contributed by atoms with E-state index >= 15 is 0 Å². The lowest BCUT2D eigenvalue weighted by Gasteiger charge is -2.26. The molecule has 1 aliphatic heterocycles. The Bertz CT molecular complexity index is 811. The number of anilines is 2. The first kappa shape index (κ1) is 19.4. The number of nitrogens with one attached hydrogen (secondary N) is 3. The highest BCUT2D eigenvalue weighted by molar-refractivity contribution is 5.94. The van der Waals surface area contributed by atoms with Gasteiger partial charge in [-0.05, 0) is 38.1 Å². The Morgan fingerprint density at radius 1 is 1.14 bits per heavy atom. The third kappa shape index (κ3) is 5.10. The Morgan fingerprint density at radius 3 is 2.57 bits per heavy atom. The van der Waals surface area contributed by atoms with Gasteiger partial charge < -0.3 is 10.2 Å². The Balaban J connectivity index is 1.63. The Kier molecular flexibility index (Phi) is 6.63. The van der Waals surface area contributed by atoms with Crippen molar-refractivity contribution in [1.29, 1.82) is 0 Å². The average Bonchev–Trinajstić information content (AvgIpc) is 2.73. The van der Waals surface area contributed by atoms with Crippen LogP contribution >= 0.6 is 0 Å². The number of pyridine rings is 1. The number of amides is 1. The standard InChI is InChI=1S/C17H22N8O3/c26-17(13-4-6-18-7-5-13)23-22-16-14(25(27)28)15(20-12-21-16)19-8-11-24-9-2-1-3-10-24/h4-7,12H,1-3,8-11H2,(H,23,26)(H2,19,20,21,22). The van der Waals surface area contributed by atoms with Gasteiger partial charge >= 0.3 is 5.69 Å². The zero-order valence-corrected chi connectivity index (χ0v) is 15.3. The van der Waals surface area contributed by atoms with Crippen molar-refractivity contribution >= 4 is 23.2 Å². The van der Waals surface area contributed by atoms with Crippen LogP contribution in [0.3, 0.4) is 0 Å². The predicted molar refractivity (Wildman–Crippen MR) is 103 cm³/mol. The maximum absolute atomic E-state index is 12.1. The zero-order valence-electron chi connectivity index (χ0n) is 15.3. The summed E-state index contributed by atoms with van der Waals surface area (Å²) >= 11 is 0. The Labute approximate surface area is 161 Å². The molecule has 1 fully saturated rings. The highest BCUT2D eigenvalue weighted by Gasteiger charge is 2.23. The maximum Gasteiger partial charge on any atom is 0.354 e. The number of carbonyl (C=O) groups excluding carboxylic acids is 1. The number of likely N-dealkylation sites (tertiary alicyclic amines) is 1. The second kappa shape index (κ2) is 9.55. The molecule has 2 aromatic rings. The fraction of sp³-hybridized carbons (Fsp3) is 0.412. The largest absolute Gasteiger partial charge is 0.363 e. The number of hydrogen-bond donors (Lipinski definition) is 3. The third-order valence-electron chi connectivity index (χ3n) is 4.41. The fourth-order valence-electron chi connectivity index (χ4n) is 2.98. The summed E-state index contributed by atoms with van der Waals surface area (Å²) in [7, 11) is 0. The molecule has 11 nitrogen and oxygen atoms in total. The molecular formula is C17H22N8O3. The molecule has 0 atom stereocenters. The molecule has 11 heteroatoms. The number of hydrogen-bond acceptors (Lipinski definition) is 9. The molecule has 1 amide bonds. The number of hydrazine groups is 1. The molecule has 0 unspecified atom stereocenters. The third-order valence-corrected chi connectivity index (χ3v) is 4.41. The maximum atomic E-state index is 12.1. The van der Waals surface area contributed by atoms with Crippen molar-refractivity contribution in [3.63, 3.8) is 0 Å².